The highest BCUT2D eigenvalue weighted by atomic mass is 16.4. The van der Waals surface area contributed by atoms with Crippen molar-refractivity contribution < 1.29 is 19.8 Å². The van der Waals surface area contributed by atoms with Gasteiger partial charge in [-0.25, -0.2) is 0 Å². The molecule has 0 heterocycles. The van der Waals surface area contributed by atoms with Gasteiger partial charge in [-0.05, 0) is 37.5 Å². The summed E-state index contributed by atoms with van der Waals surface area (Å²) in [5.74, 6) is -1.39. The summed E-state index contributed by atoms with van der Waals surface area (Å²) in [5.41, 5.74) is -2.40. The highest BCUT2D eigenvalue weighted by Crippen LogP contribution is 2.54. The fraction of sp³-hybridized carbons (Fsp3) is 0.900. The van der Waals surface area contributed by atoms with Crippen molar-refractivity contribution in [1.82, 2.24) is 0 Å². The average molecular weight is 343 g/mol. The van der Waals surface area contributed by atoms with E-state index in [4.69, 9.17) is 0 Å². The molecule has 0 saturated carbocycles. The zero-order chi connectivity index (χ0) is 19.0. The van der Waals surface area contributed by atoms with E-state index in [0.717, 1.165) is 25.7 Å². The molecule has 0 aromatic rings. The third-order valence-electron chi connectivity index (χ3n) is 6.53. The summed E-state index contributed by atoms with van der Waals surface area (Å²) in [4.78, 5) is 24.8. The van der Waals surface area contributed by atoms with Gasteiger partial charge in [-0.15, -0.1) is 0 Å². The van der Waals surface area contributed by atoms with Crippen LogP contribution in [0.15, 0.2) is 0 Å². The lowest BCUT2D eigenvalue weighted by atomic mass is 9.53. The van der Waals surface area contributed by atoms with Gasteiger partial charge in [0.05, 0.1) is 10.8 Å². The summed E-state index contributed by atoms with van der Waals surface area (Å²) in [6.07, 6.45) is 5.16. The lowest BCUT2D eigenvalue weighted by Gasteiger charge is -2.47. The van der Waals surface area contributed by atoms with Gasteiger partial charge in [0.1, 0.15) is 0 Å². The number of carboxylic acids is 2. The molecule has 0 radical (unpaired) electrons. The number of carboxylic acid groups (broad SMARTS) is 2. The van der Waals surface area contributed by atoms with Crippen LogP contribution in [0, 0.1) is 22.7 Å². The molecule has 4 heteroatoms. The Morgan fingerprint density at radius 2 is 0.917 bits per heavy atom. The zero-order valence-corrected chi connectivity index (χ0v) is 16.5. The minimum atomic E-state index is -1.20. The summed E-state index contributed by atoms with van der Waals surface area (Å²) in [5, 5.41) is 20.3. The molecule has 0 bridgehead atoms. The largest absolute Gasteiger partial charge is 0.481 e. The minimum absolute atomic E-state index is 0.244. The Hall–Kier alpha value is -1.06. The van der Waals surface area contributed by atoms with Crippen molar-refractivity contribution in [2.75, 3.05) is 0 Å². The Morgan fingerprint density at radius 1 is 0.667 bits per heavy atom. The minimum Gasteiger partial charge on any atom is -0.481 e. The predicted octanol–water partition coefficient (Wildman–Crippen LogP) is 5.60. The maximum atomic E-state index is 12.4. The molecule has 0 aromatic heterocycles. The van der Waals surface area contributed by atoms with Gasteiger partial charge in [-0.2, -0.15) is 0 Å². The van der Waals surface area contributed by atoms with E-state index in [2.05, 4.69) is 27.7 Å². The SMILES string of the molecule is CCC(CC)CC(CC)(C(=O)O)C(CC)(CC(CC)CC)C(=O)O. The molecule has 0 rings (SSSR count). The van der Waals surface area contributed by atoms with Crippen LogP contribution in [-0.2, 0) is 9.59 Å². The highest BCUT2D eigenvalue weighted by Gasteiger charge is 2.59. The molecule has 4 nitrogen and oxygen atoms in total. The van der Waals surface area contributed by atoms with E-state index < -0.39 is 22.8 Å². The zero-order valence-electron chi connectivity index (χ0n) is 16.5. The summed E-state index contributed by atoms with van der Waals surface area (Å²) in [7, 11) is 0. The Morgan fingerprint density at radius 3 is 1.04 bits per heavy atom. The van der Waals surface area contributed by atoms with Gasteiger partial charge in [0, 0.05) is 0 Å². The van der Waals surface area contributed by atoms with E-state index in [1.165, 1.54) is 0 Å². The first-order valence-electron chi connectivity index (χ1n) is 9.71. The van der Waals surface area contributed by atoms with Crippen LogP contribution in [0.25, 0.3) is 0 Å². The molecule has 0 aliphatic carbocycles. The molecule has 0 saturated heterocycles. The molecule has 2 N–H and O–H groups in total. The van der Waals surface area contributed by atoms with Gasteiger partial charge in [0.2, 0.25) is 0 Å². The third kappa shape index (κ3) is 4.31. The molecule has 2 atom stereocenters. The molecule has 0 aromatic carbocycles. The van der Waals surface area contributed by atoms with Crippen molar-refractivity contribution in [1.29, 1.82) is 0 Å². The lowest BCUT2D eigenvalue weighted by Crippen LogP contribution is -2.54. The van der Waals surface area contributed by atoms with Gasteiger partial charge >= 0.3 is 11.9 Å². The number of hydrogen-bond donors (Lipinski definition) is 2. The fourth-order valence-corrected chi connectivity index (χ4v) is 4.38. The van der Waals surface area contributed by atoms with Crippen LogP contribution in [0.2, 0.25) is 0 Å². The molecular formula is C20H38O4. The molecule has 0 amide bonds. The Labute approximate surface area is 148 Å². The van der Waals surface area contributed by atoms with E-state index in [0.29, 0.717) is 25.7 Å². The van der Waals surface area contributed by atoms with Crippen molar-refractivity contribution in [3.05, 3.63) is 0 Å². The lowest BCUT2D eigenvalue weighted by molar-refractivity contribution is -0.180. The van der Waals surface area contributed by atoms with Gasteiger partial charge in [-0.3, -0.25) is 9.59 Å². The van der Waals surface area contributed by atoms with Crippen LogP contribution in [0.4, 0.5) is 0 Å². The second kappa shape index (κ2) is 10.0. The molecule has 24 heavy (non-hydrogen) atoms. The summed E-state index contributed by atoms with van der Waals surface area (Å²) in [6.45, 7) is 11.9. The fourth-order valence-electron chi connectivity index (χ4n) is 4.38. The monoisotopic (exact) mass is 342 g/mol. The van der Waals surface area contributed by atoms with Gasteiger partial charge in [0.25, 0.3) is 0 Å². The van der Waals surface area contributed by atoms with E-state index in [-0.39, 0.29) is 11.8 Å². The number of aliphatic carboxylic acids is 2. The smallest absolute Gasteiger partial charge is 0.310 e. The normalized spacial score (nSPS) is 16.8. The summed E-state index contributed by atoms with van der Waals surface area (Å²) >= 11 is 0. The van der Waals surface area contributed by atoms with E-state index in [1.807, 2.05) is 13.8 Å². The second-order valence-corrected chi connectivity index (χ2v) is 7.25. The first kappa shape index (κ1) is 22.9. The first-order valence-corrected chi connectivity index (χ1v) is 9.71. The third-order valence-corrected chi connectivity index (χ3v) is 6.53. The van der Waals surface area contributed by atoms with E-state index in [1.54, 1.807) is 0 Å². The number of carbonyl (C=O) groups is 2. The summed E-state index contributed by atoms with van der Waals surface area (Å²) < 4.78 is 0. The second-order valence-electron chi connectivity index (χ2n) is 7.25. The van der Waals surface area contributed by atoms with E-state index >= 15 is 0 Å². The predicted molar refractivity (Wildman–Crippen MR) is 98.1 cm³/mol. The van der Waals surface area contributed by atoms with Crippen molar-refractivity contribution in [3.63, 3.8) is 0 Å². The van der Waals surface area contributed by atoms with Gasteiger partial charge < -0.3 is 10.2 Å². The van der Waals surface area contributed by atoms with Crippen LogP contribution in [0.5, 0.6) is 0 Å². The van der Waals surface area contributed by atoms with Gasteiger partial charge in [-0.1, -0.05) is 67.2 Å². The standard InChI is InChI=1S/C20H38O4/c1-7-15(8-2)13-19(11-5,17(21)22)20(12-6,18(23)24)14-16(9-3)10-4/h15-16H,7-14H2,1-6H3,(H,21,22)(H,23,24). The first-order chi connectivity index (χ1) is 11.2. The quantitative estimate of drug-likeness (QED) is 0.457. The van der Waals surface area contributed by atoms with Crippen molar-refractivity contribution in [2.45, 2.75) is 92.9 Å². The molecule has 0 fully saturated rings. The topological polar surface area (TPSA) is 74.6 Å². The van der Waals surface area contributed by atoms with Crippen LogP contribution in [0.3, 0.4) is 0 Å². The van der Waals surface area contributed by atoms with Gasteiger partial charge in [0.15, 0.2) is 0 Å². The van der Waals surface area contributed by atoms with Crippen LogP contribution in [0.1, 0.15) is 92.9 Å². The summed E-state index contributed by atoms with van der Waals surface area (Å²) in [6, 6.07) is 0. The molecule has 142 valence electrons. The highest BCUT2D eigenvalue weighted by molar-refractivity contribution is 5.86. The van der Waals surface area contributed by atoms with E-state index in [9.17, 15) is 19.8 Å². The number of rotatable bonds is 13. The molecule has 2 unspecified atom stereocenters. The Kier molecular flexibility index (Phi) is 9.61. The molecular weight excluding hydrogens is 304 g/mol. The van der Waals surface area contributed by atoms with Crippen LogP contribution >= 0.6 is 0 Å². The average Bonchev–Trinajstić information content (AvgIpc) is 2.57. The maximum Gasteiger partial charge on any atom is 0.310 e. The van der Waals surface area contributed by atoms with Crippen molar-refractivity contribution in [3.8, 4) is 0 Å². The Balaban J connectivity index is 6.26. The van der Waals surface area contributed by atoms with Crippen molar-refractivity contribution in [2.24, 2.45) is 22.7 Å². The Bertz CT molecular complexity index is 360. The molecule has 0 aliphatic heterocycles. The number of hydrogen-bond acceptors (Lipinski definition) is 2. The van der Waals surface area contributed by atoms with Crippen molar-refractivity contribution >= 4 is 11.9 Å². The molecule has 0 aliphatic rings. The van der Waals surface area contributed by atoms with Crippen LogP contribution in [-0.4, -0.2) is 22.2 Å². The molecule has 0 spiro atoms. The maximum absolute atomic E-state index is 12.4. The van der Waals surface area contributed by atoms with Crippen LogP contribution < -0.4 is 0 Å².